The molecule has 1 saturated heterocycles. The summed E-state index contributed by atoms with van der Waals surface area (Å²) in [6.45, 7) is 1.31. The van der Waals surface area contributed by atoms with Gasteiger partial charge in [0, 0.05) is 24.5 Å². The molecular weight excluding hydrogens is 246 g/mol. The molecule has 1 fully saturated rings. The van der Waals surface area contributed by atoms with Gasteiger partial charge in [-0.15, -0.1) is 0 Å². The standard InChI is InChI=1S/C13H17N3O3/c14-11-4-3-9(6-10(11)13(18)19)16-5-1-2-8(7-16)12(15)17/h3-4,6,8H,1-2,5,7,14H2,(H2,15,17)(H,18,19). The second kappa shape index (κ2) is 5.17. The molecule has 6 heteroatoms. The largest absolute Gasteiger partial charge is 0.478 e. The molecule has 0 aromatic heterocycles. The number of benzene rings is 1. The van der Waals surface area contributed by atoms with Crippen LogP contribution in [0.2, 0.25) is 0 Å². The summed E-state index contributed by atoms with van der Waals surface area (Å²) in [5.74, 6) is -1.54. The average Bonchev–Trinajstić information content (AvgIpc) is 2.39. The molecule has 1 aliphatic rings. The number of carboxylic acids is 1. The third kappa shape index (κ3) is 2.78. The summed E-state index contributed by atoms with van der Waals surface area (Å²) in [5.41, 5.74) is 12.0. The van der Waals surface area contributed by atoms with E-state index in [1.807, 2.05) is 4.90 Å². The van der Waals surface area contributed by atoms with Crippen molar-refractivity contribution in [2.45, 2.75) is 12.8 Å². The smallest absolute Gasteiger partial charge is 0.337 e. The van der Waals surface area contributed by atoms with Crippen LogP contribution in [0.4, 0.5) is 11.4 Å². The molecule has 102 valence electrons. The molecule has 0 radical (unpaired) electrons. The minimum atomic E-state index is -1.05. The Kier molecular flexibility index (Phi) is 3.59. The highest BCUT2D eigenvalue weighted by atomic mass is 16.4. The van der Waals surface area contributed by atoms with E-state index in [9.17, 15) is 9.59 Å². The van der Waals surface area contributed by atoms with Crippen LogP contribution in [0.25, 0.3) is 0 Å². The zero-order valence-corrected chi connectivity index (χ0v) is 10.5. The molecular formula is C13H17N3O3. The van der Waals surface area contributed by atoms with Crippen LogP contribution in [-0.4, -0.2) is 30.1 Å². The van der Waals surface area contributed by atoms with Crippen LogP contribution in [0.3, 0.4) is 0 Å². The van der Waals surface area contributed by atoms with Gasteiger partial charge in [0.15, 0.2) is 0 Å². The first-order valence-electron chi connectivity index (χ1n) is 6.16. The lowest BCUT2D eigenvalue weighted by molar-refractivity contribution is -0.122. The number of amides is 1. The molecule has 1 heterocycles. The van der Waals surface area contributed by atoms with E-state index in [4.69, 9.17) is 16.6 Å². The van der Waals surface area contributed by atoms with Crippen molar-refractivity contribution in [2.75, 3.05) is 23.7 Å². The first kappa shape index (κ1) is 13.2. The Labute approximate surface area is 111 Å². The Bertz CT molecular complexity index is 516. The first-order chi connectivity index (χ1) is 8.99. The van der Waals surface area contributed by atoms with Crippen molar-refractivity contribution in [1.29, 1.82) is 0 Å². The van der Waals surface area contributed by atoms with Crippen molar-refractivity contribution in [3.8, 4) is 0 Å². The van der Waals surface area contributed by atoms with Gasteiger partial charge in [-0.1, -0.05) is 0 Å². The fourth-order valence-corrected chi connectivity index (χ4v) is 2.37. The number of piperidine rings is 1. The Morgan fingerprint density at radius 2 is 2.11 bits per heavy atom. The maximum Gasteiger partial charge on any atom is 0.337 e. The highest BCUT2D eigenvalue weighted by Gasteiger charge is 2.24. The Morgan fingerprint density at radius 1 is 1.37 bits per heavy atom. The predicted octanol–water partition coefficient (Wildman–Crippen LogP) is 0.669. The van der Waals surface area contributed by atoms with Crippen molar-refractivity contribution in [1.82, 2.24) is 0 Å². The summed E-state index contributed by atoms with van der Waals surface area (Å²) in [6, 6.07) is 4.89. The molecule has 1 aromatic rings. The summed E-state index contributed by atoms with van der Waals surface area (Å²) < 4.78 is 0. The van der Waals surface area contributed by atoms with Gasteiger partial charge in [0.05, 0.1) is 11.5 Å². The number of nitrogens with two attached hydrogens (primary N) is 2. The summed E-state index contributed by atoms with van der Waals surface area (Å²) in [7, 11) is 0. The Hall–Kier alpha value is -2.24. The molecule has 2 rings (SSSR count). The zero-order chi connectivity index (χ0) is 14.0. The van der Waals surface area contributed by atoms with Crippen molar-refractivity contribution in [3.05, 3.63) is 23.8 Å². The molecule has 19 heavy (non-hydrogen) atoms. The number of carboxylic acid groups (broad SMARTS) is 1. The maximum absolute atomic E-state index is 11.2. The van der Waals surface area contributed by atoms with Crippen molar-refractivity contribution in [2.24, 2.45) is 11.7 Å². The molecule has 1 atom stereocenters. The Balaban J connectivity index is 2.24. The van der Waals surface area contributed by atoms with Gasteiger partial charge in [-0.25, -0.2) is 4.79 Å². The normalized spacial score (nSPS) is 19.2. The van der Waals surface area contributed by atoms with Crippen LogP contribution in [0.15, 0.2) is 18.2 Å². The first-order valence-corrected chi connectivity index (χ1v) is 6.16. The lowest BCUT2D eigenvalue weighted by atomic mass is 9.96. The van der Waals surface area contributed by atoms with Crippen LogP contribution in [0, 0.1) is 5.92 Å². The van der Waals surface area contributed by atoms with Gasteiger partial charge < -0.3 is 21.5 Å². The summed E-state index contributed by atoms with van der Waals surface area (Å²) in [4.78, 5) is 24.3. The lowest BCUT2D eigenvalue weighted by Crippen LogP contribution is -2.41. The topological polar surface area (TPSA) is 110 Å². The van der Waals surface area contributed by atoms with Gasteiger partial charge in [0.2, 0.25) is 5.91 Å². The van der Waals surface area contributed by atoms with Crippen molar-refractivity contribution < 1.29 is 14.7 Å². The van der Waals surface area contributed by atoms with Crippen LogP contribution in [0.1, 0.15) is 23.2 Å². The Morgan fingerprint density at radius 3 is 2.74 bits per heavy atom. The van der Waals surface area contributed by atoms with Crippen LogP contribution in [-0.2, 0) is 4.79 Å². The van der Waals surface area contributed by atoms with E-state index in [1.54, 1.807) is 18.2 Å². The molecule has 0 bridgehead atoms. The molecule has 0 aliphatic carbocycles. The highest BCUT2D eigenvalue weighted by molar-refractivity contribution is 5.94. The predicted molar refractivity (Wildman–Crippen MR) is 71.9 cm³/mol. The third-order valence-corrected chi connectivity index (χ3v) is 3.46. The fraction of sp³-hybridized carbons (Fsp3) is 0.385. The number of primary amides is 1. The van der Waals surface area contributed by atoms with E-state index >= 15 is 0 Å². The number of nitrogens with zero attached hydrogens (tertiary/aromatic N) is 1. The number of hydrogen-bond acceptors (Lipinski definition) is 4. The van der Waals surface area contributed by atoms with E-state index in [0.29, 0.717) is 6.54 Å². The molecule has 1 aliphatic heterocycles. The van der Waals surface area contributed by atoms with Crippen molar-refractivity contribution in [3.63, 3.8) is 0 Å². The SMILES string of the molecule is NC(=O)C1CCCN(c2ccc(N)c(C(=O)O)c2)C1. The maximum atomic E-state index is 11.2. The minimum Gasteiger partial charge on any atom is -0.478 e. The van der Waals surface area contributed by atoms with Gasteiger partial charge in [0.25, 0.3) is 0 Å². The molecule has 1 amide bonds. The van der Waals surface area contributed by atoms with Gasteiger partial charge in [0.1, 0.15) is 0 Å². The molecule has 1 aromatic carbocycles. The van der Waals surface area contributed by atoms with E-state index in [1.165, 1.54) is 0 Å². The molecule has 1 unspecified atom stereocenters. The third-order valence-electron chi connectivity index (χ3n) is 3.46. The minimum absolute atomic E-state index is 0.0821. The molecule has 6 nitrogen and oxygen atoms in total. The van der Waals surface area contributed by atoms with E-state index in [-0.39, 0.29) is 23.1 Å². The number of carbonyl (C=O) groups is 2. The van der Waals surface area contributed by atoms with E-state index in [2.05, 4.69) is 0 Å². The van der Waals surface area contributed by atoms with E-state index in [0.717, 1.165) is 25.1 Å². The van der Waals surface area contributed by atoms with Gasteiger partial charge >= 0.3 is 5.97 Å². The number of carbonyl (C=O) groups excluding carboxylic acids is 1. The molecule has 0 spiro atoms. The summed E-state index contributed by atoms with van der Waals surface area (Å²) in [6.07, 6.45) is 1.65. The average molecular weight is 263 g/mol. The number of nitrogen functional groups attached to an aromatic ring is 1. The van der Waals surface area contributed by atoms with Crippen LogP contribution >= 0.6 is 0 Å². The number of hydrogen-bond donors (Lipinski definition) is 3. The van der Waals surface area contributed by atoms with Gasteiger partial charge in [-0.3, -0.25) is 4.79 Å². The van der Waals surface area contributed by atoms with Gasteiger partial charge in [-0.05, 0) is 31.0 Å². The lowest BCUT2D eigenvalue weighted by Gasteiger charge is -2.33. The summed E-state index contributed by atoms with van der Waals surface area (Å²) in [5, 5.41) is 9.06. The van der Waals surface area contributed by atoms with Gasteiger partial charge in [-0.2, -0.15) is 0 Å². The van der Waals surface area contributed by atoms with E-state index < -0.39 is 5.97 Å². The van der Waals surface area contributed by atoms with Crippen LogP contribution in [0.5, 0.6) is 0 Å². The second-order valence-corrected chi connectivity index (χ2v) is 4.76. The zero-order valence-electron chi connectivity index (χ0n) is 10.5. The summed E-state index contributed by atoms with van der Waals surface area (Å²) >= 11 is 0. The van der Waals surface area contributed by atoms with Crippen molar-refractivity contribution >= 4 is 23.3 Å². The number of aromatic carboxylic acids is 1. The fourth-order valence-electron chi connectivity index (χ4n) is 2.37. The number of rotatable bonds is 3. The highest BCUT2D eigenvalue weighted by Crippen LogP contribution is 2.26. The van der Waals surface area contributed by atoms with Crippen LogP contribution < -0.4 is 16.4 Å². The number of anilines is 2. The second-order valence-electron chi connectivity index (χ2n) is 4.76. The molecule has 5 N–H and O–H groups in total. The quantitative estimate of drug-likeness (QED) is 0.694. The monoisotopic (exact) mass is 263 g/mol. The molecule has 0 saturated carbocycles.